The van der Waals surface area contributed by atoms with E-state index in [1.807, 2.05) is 0 Å². The molecule has 0 saturated carbocycles. The summed E-state index contributed by atoms with van der Waals surface area (Å²) < 4.78 is 24.5. The van der Waals surface area contributed by atoms with Crippen molar-refractivity contribution in [1.29, 1.82) is 0 Å². The Morgan fingerprint density at radius 1 is 0.618 bits per heavy atom. The molecule has 0 radical (unpaired) electrons. The smallest absolute Gasteiger partial charge is 0.338 e. The van der Waals surface area contributed by atoms with Gasteiger partial charge in [0.2, 0.25) is 0 Å². The Bertz CT molecular complexity index is 2410. The van der Waals surface area contributed by atoms with E-state index in [1.165, 1.54) is 0 Å². The molecule has 55 heavy (non-hydrogen) atoms. The summed E-state index contributed by atoms with van der Waals surface area (Å²) in [7, 11) is 0. The molecule has 8 rings (SSSR count). The zero-order chi connectivity index (χ0) is 39.4. The molecule has 0 fully saturated rings. The van der Waals surface area contributed by atoms with Crippen LogP contribution in [0.4, 0.5) is 0 Å². The van der Waals surface area contributed by atoms with Crippen molar-refractivity contribution in [3.8, 4) is 86.2 Å². The Hall–Kier alpha value is -7.47. The van der Waals surface area contributed by atoms with Gasteiger partial charge in [-0.2, -0.15) is 0 Å². The Labute approximate surface area is 306 Å². The molecule has 18 heteroatoms. The largest absolute Gasteiger partial charge is 0.508 e. The van der Waals surface area contributed by atoms with Crippen LogP contribution in [0.25, 0.3) is 0 Å². The molecule has 0 aliphatic carbocycles. The van der Waals surface area contributed by atoms with E-state index in [0.29, 0.717) is 0 Å². The number of aliphatic hydroxyl groups is 1. The summed E-state index contributed by atoms with van der Waals surface area (Å²) in [6, 6.07) is 8.57. The highest BCUT2D eigenvalue weighted by Crippen LogP contribution is 2.63. The zero-order valence-corrected chi connectivity index (χ0v) is 27.6. The molecule has 3 heterocycles. The van der Waals surface area contributed by atoms with Gasteiger partial charge in [0.25, 0.3) is 0 Å². The van der Waals surface area contributed by atoms with Crippen LogP contribution >= 0.6 is 0 Å². The third kappa shape index (κ3) is 5.10. The van der Waals surface area contributed by atoms with Crippen LogP contribution in [-0.2, 0) is 16.9 Å². The van der Waals surface area contributed by atoms with Gasteiger partial charge in [0.15, 0.2) is 57.8 Å². The fraction of sp³-hybridized carbons (Fsp3) is 0.162. The van der Waals surface area contributed by atoms with E-state index in [4.69, 9.17) is 18.9 Å². The van der Waals surface area contributed by atoms with Crippen LogP contribution in [0.1, 0.15) is 50.2 Å². The van der Waals surface area contributed by atoms with Crippen molar-refractivity contribution in [3.05, 3.63) is 88.0 Å². The minimum atomic E-state index is -2.41. The van der Waals surface area contributed by atoms with Crippen molar-refractivity contribution in [1.82, 2.24) is 0 Å². The van der Waals surface area contributed by atoms with Crippen LogP contribution in [-0.4, -0.2) is 84.6 Å². The maximum atomic E-state index is 13.4. The molecule has 5 unspecified atom stereocenters. The molecule has 0 spiro atoms. The number of hydrogen-bond acceptors (Lipinski definition) is 18. The first-order chi connectivity index (χ1) is 26.0. The van der Waals surface area contributed by atoms with Crippen LogP contribution in [0.15, 0.2) is 54.6 Å². The van der Waals surface area contributed by atoms with Crippen LogP contribution < -0.4 is 14.2 Å². The second kappa shape index (κ2) is 11.8. The molecule has 0 amide bonds. The Morgan fingerprint density at radius 3 is 1.73 bits per heavy atom. The van der Waals surface area contributed by atoms with E-state index >= 15 is 0 Å². The van der Waals surface area contributed by atoms with Gasteiger partial charge in [-0.25, -0.2) is 4.79 Å². The molecule has 5 aromatic rings. The highest BCUT2D eigenvalue weighted by molar-refractivity contribution is 5.91. The Morgan fingerprint density at radius 2 is 1.15 bits per heavy atom. The number of aliphatic hydroxyl groups excluding tert-OH is 1. The first-order valence-electron chi connectivity index (χ1n) is 16.1. The average Bonchev–Trinajstić information content (AvgIpc) is 3.11. The number of aromatic hydroxyl groups is 12. The zero-order valence-electron chi connectivity index (χ0n) is 27.6. The molecule has 2 bridgehead atoms. The molecule has 0 aromatic heterocycles. The standard InChI is InChI=1S/C37H28O18/c38-14-7-17(40)27-24(8-14)54-37(13-5-22(45)32(49)23(46)6-13)35(50)29(27)28-25(55-37)10-16(39)15-9-26(52-36(51)12-3-20(43)31(48)21(44)4-12)33(53-34(15)28)11-1-18(41)30(47)19(42)2-11/h1-8,10,26,29,33,35,38-50H,9H2. The van der Waals surface area contributed by atoms with Crippen LogP contribution in [0, 0.1) is 0 Å². The number of hydrogen-bond donors (Lipinski definition) is 13. The monoisotopic (exact) mass is 760 g/mol. The summed E-state index contributed by atoms with van der Waals surface area (Å²) in [6.07, 6.45) is -5.31. The highest BCUT2D eigenvalue weighted by Gasteiger charge is 2.60. The minimum absolute atomic E-state index is 0.0518. The third-order valence-corrected chi connectivity index (χ3v) is 9.76. The van der Waals surface area contributed by atoms with Crippen molar-refractivity contribution >= 4 is 5.97 Å². The third-order valence-electron chi connectivity index (χ3n) is 9.76. The topological polar surface area (TPSA) is 317 Å². The van der Waals surface area contributed by atoms with Gasteiger partial charge in [-0.1, -0.05) is 0 Å². The number of carbonyl (C=O) groups is 1. The number of phenols is 12. The number of rotatable bonds is 4. The van der Waals surface area contributed by atoms with E-state index in [1.54, 1.807) is 0 Å². The van der Waals surface area contributed by atoms with Gasteiger partial charge in [0.05, 0.1) is 11.5 Å². The lowest BCUT2D eigenvalue weighted by Gasteiger charge is -2.50. The van der Waals surface area contributed by atoms with E-state index in [-0.39, 0.29) is 45.1 Å². The van der Waals surface area contributed by atoms with Gasteiger partial charge >= 0.3 is 11.8 Å². The van der Waals surface area contributed by atoms with Gasteiger partial charge in [-0.3, -0.25) is 0 Å². The number of fused-ring (bicyclic) bond motifs is 8. The second-order valence-corrected chi connectivity index (χ2v) is 13.1. The first kappa shape index (κ1) is 34.6. The summed E-state index contributed by atoms with van der Waals surface area (Å²) in [4.78, 5) is 13.4. The molecule has 0 saturated heterocycles. The molecule has 5 aromatic carbocycles. The maximum absolute atomic E-state index is 13.4. The van der Waals surface area contributed by atoms with Crippen molar-refractivity contribution in [3.63, 3.8) is 0 Å². The first-order valence-corrected chi connectivity index (χ1v) is 16.1. The average molecular weight is 761 g/mol. The molecular weight excluding hydrogens is 732 g/mol. The van der Waals surface area contributed by atoms with Gasteiger partial charge in [-0.15, -0.1) is 0 Å². The Balaban J connectivity index is 1.33. The van der Waals surface area contributed by atoms with Crippen molar-refractivity contribution in [2.45, 2.75) is 36.4 Å². The predicted molar refractivity (Wildman–Crippen MR) is 179 cm³/mol. The van der Waals surface area contributed by atoms with E-state index in [2.05, 4.69) is 0 Å². The predicted octanol–water partition coefficient (Wildman–Crippen LogP) is 3.19. The summed E-state index contributed by atoms with van der Waals surface area (Å²) in [5.41, 5.74) is -1.03. The lowest BCUT2D eigenvalue weighted by Crippen LogP contribution is -2.57. The molecule has 284 valence electrons. The van der Waals surface area contributed by atoms with Crippen molar-refractivity contribution in [2.24, 2.45) is 0 Å². The number of ether oxygens (including phenoxy) is 4. The normalized spacial score (nSPS) is 21.8. The highest BCUT2D eigenvalue weighted by atomic mass is 16.7. The lowest BCUT2D eigenvalue weighted by atomic mass is 9.74. The number of esters is 1. The summed E-state index contributed by atoms with van der Waals surface area (Å²) >= 11 is 0. The van der Waals surface area contributed by atoms with Crippen LogP contribution in [0.2, 0.25) is 0 Å². The summed E-state index contributed by atoms with van der Waals surface area (Å²) in [5, 5.41) is 137. The van der Waals surface area contributed by atoms with E-state index in [9.17, 15) is 71.2 Å². The van der Waals surface area contributed by atoms with E-state index in [0.717, 1.165) is 54.6 Å². The van der Waals surface area contributed by atoms with Crippen LogP contribution in [0.5, 0.6) is 86.2 Å². The fourth-order valence-corrected chi connectivity index (χ4v) is 7.24. The molecule has 5 atom stereocenters. The van der Waals surface area contributed by atoms with Gasteiger partial charge in [-0.05, 0) is 36.4 Å². The van der Waals surface area contributed by atoms with Gasteiger partial charge in [0, 0.05) is 52.4 Å². The second-order valence-electron chi connectivity index (χ2n) is 13.1. The van der Waals surface area contributed by atoms with Crippen molar-refractivity contribution in [2.75, 3.05) is 0 Å². The Kier molecular flexibility index (Phi) is 7.41. The van der Waals surface area contributed by atoms with Gasteiger partial charge in [0.1, 0.15) is 46.7 Å². The lowest BCUT2D eigenvalue weighted by molar-refractivity contribution is -0.219. The molecule has 13 N–H and O–H groups in total. The van der Waals surface area contributed by atoms with Gasteiger partial charge < -0.3 is 85.3 Å². The van der Waals surface area contributed by atoms with Crippen molar-refractivity contribution < 1.29 is 90.1 Å². The maximum Gasteiger partial charge on any atom is 0.338 e. The molecule has 3 aliphatic rings. The molecule has 18 nitrogen and oxygen atoms in total. The number of carbonyl (C=O) groups excluding carboxylic acids is 1. The fourth-order valence-electron chi connectivity index (χ4n) is 7.24. The molecular formula is C37H28O18. The SMILES string of the molecule is O=C(OC1Cc2c(O)cc3c(c2OC1c1cc(O)c(O)c(O)c1)C1c2c(O)cc(O)cc2OC(c2cc(O)c(O)c(O)c2)(O3)C1O)c1cc(O)c(O)c(O)c1. The van der Waals surface area contributed by atoms with Crippen LogP contribution in [0.3, 0.4) is 0 Å². The quantitative estimate of drug-likeness (QED) is 0.0924. The summed E-state index contributed by atoms with van der Waals surface area (Å²) in [6.45, 7) is 0. The number of phenolic OH excluding ortho intramolecular Hbond substituents is 12. The minimum Gasteiger partial charge on any atom is -0.508 e. The van der Waals surface area contributed by atoms with E-state index < -0.39 is 117 Å². The number of benzene rings is 5. The molecule has 3 aliphatic heterocycles. The summed E-state index contributed by atoms with van der Waals surface area (Å²) in [5.74, 6) is -15.1.